The molecule has 1 nitrogen and oxygen atoms in total. The van der Waals surface area contributed by atoms with Crippen molar-refractivity contribution in [3.63, 3.8) is 0 Å². The Balaban J connectivity index is 2.20. The van der Waals surface area contributed by atoms with Crippen LogP contribution in [0.3, 0.4) is 0 Å². The fraction of sp³-hybridized carbons (Fsp3) is 1.00. The van der Waals surface area contributed by atoms with E-state index in [9.17, 15) is 0 Å². The van der Waals surface area contributed by atoms with Gasteiger partial charge in [-0.2, -0.15) is 0 Å². The maximum atomic E-state index is 2.51. The van der Waals surface area contributed by atoms with Crippen LogP contribution in [0.5, 0.6) is 0 Å². The summed E-state index contributed by atoms with van der Waals surface area (Å²) >= 11 is 0. The van der Waals surface area contributed by atoms with Gasteiger partial charge in [0.25, 0.3) is 0 Å². The van der Waals surface area contributed by atoms with Crippen LogP contribution in [0.25, 0.3) is 0 Å². The molecule has 1 atom stereocenters. The molecular formula is C8H17N. The molecule has 0 aromatic rings. The van der Waals surface area contributed by atoms with Gasteiger partial charge in [-0.05, 0) is 19.8 Å². The van der Waals surface area contributed by atoms with Crippen molar-refractivity contribution in [1.82, 2.24) is 4.90 Å². The van der Waals surface area contributed by atoms with E-state index in [4.69, 9.17) is 0 Å². The Morgan fingerprint density at radius 1 is 1.44 bits per heavy atom. The van der Waals surface area contributed by atoms with Gasteiger partial charge >= 0.3 is 0 Å². The predicted molar refractivity (Wildman–Crippen MR) is 40.5 cm³/mol. The van der Waals surface area contributed by atoms with Crippen LogP contribution in [-0.2, 0) is 0 Å². The molecule has 1 unspecified atom stereocenters. The van der Waals surface area contributed by atoms with Crippen molar-refractivity contribution in [2.45, 2.75) is 33.2 Å². The second-order valence-electron chi connectivity index (χ2n) is 4.09. The molecule has 0 aromatic heterocycles. The van der Waals surface area contributed by atoms with Crippen LogP contribution in [0.1, 0.15) is 27.7 Å². The molecule has 1 heteroatoms. The fourth-order valence-corrected chi connectivity index (χ4v) is 1.18. The molecule has 0 spiro atoms. The van der Waals surface area contributed by atoms with Gasteiger partial charge in [0, 0.05) is 18.6 Å². The van der Waals surface area contributed by atoms with Gasteiger partial charge in [-0.25, -0.2) is 0 Å². The topological polar surface area (TPSA) is 3.01 Å². The lowest BCUT2D eigenvalue weighted by atomic mass is 10.2. The minimum Gasteiger partial charge on any atom is -0.295 e. The van der Waals surface area contributed by atoms with Crippen molar-refractivity contribution in [1.29, 1.82) is 0 Å². The molecule has 1 saturated heterocycles. The average molecular weight is 127 g/mol. The third-order valence-electron chi connectivity index (χ3n) is 1.92. The predicted octanol–water partition coefficient (Wildman–Crippen LogP) is 1.74. The number of hydrogen-bond acceptors (Lipinski definition) is 1. The van der Waals surface area contributed by atoms with Crippen LogP contribution in [0, 0.1) is 5.92 Å². The zero-order valence-corrected chi connectivity index (χ0v) is 6.94. The van der Waals surface area contributed by atoms with Crippen LogP contribution < -0.4 is 0 Å². The van der Waals surface area contributed by atoms with E-state index in [1.165, 1.54) is 13.1 Å². The van der Waals surface area contributed by atoms with Crippen molar-refractivity contribution in [3.05, 3.63) is 0 Å². The highest BCUT2D eigenvalue weighted by atomic mass is 15.3. The summed E-state index contributed by atoms with van der Waals surface area (Å²) < 4.78 is 0. The van der Waals surface area contributed by atoms with Crippen molar-refractivity contribution in [2.24, 2.45) is 5.92 Å². The minimum atomic E-state index is 0.532. The molecule has 9 heavy (non-hydrogen) atoms. The van der Waals surface area contributed by atoms with Gasteiger partial charge < -0.3 is 0 Å². The third kappa shape index (κ3) is 1.68. The Bertz CT molecular complexity index is 105. The molecular weight excluding hydrogens is 110 g/mol. The molecule has 1 fully saturated rings. The Labute approximate surface area is 58.0 Å². The summed E-state index contributed by atoms with van der Waals surface area (Å²) in [5, 5.41) is 0. The molecule has 0 saturated carbocycles. The van der Waals surface area contributed by atoms with Crippen LogP contribution >= 0.6 is 0 Å². The Morgan fingerprint density at radius 2 is 1.89 bits per heavy atom. The smallest absolute Gasteiger partial charge is 0.0281 e. The van der Waals surface area contributed by atoms with E-state index >= 15 is 0 Å². The number of rotatable bonds is 2. The van der Waals surface area contributed by atoms with E-state index < -0.39 is 0 Å². The normalized spacial score (nSPS) is 31.0. The summed E-state index contributed by atoms with van der Waals surface area (Å²) in [6.45, 7) is 11.7. The van der Waals surface area contributed by atoms with Crippen molar-refractivity contribution in [2.75, 3.05) is 13.1 Å². The first kappa shape index (κ1) is 7.07. The largest absolute Gasteiger partial charge is 0.295 e. The highest BCUT2D eigenvalue weighted by molar-refractivity contribution is 4.99. The monoisotopic (exact) mass is 127 g/mol. The second kappa shape index (κ2) is 1.98. The lowest BCUT2D eigenvalue weighted by molar-refractivity contribution is 0.389. The maximum absolute atomic E-state index is 2.51. The molecule has 0 N–H and O–H groups in total. The fourth-order valence-electron chi connectivity index (χ4n) is 1.18. The summed E-state index contributed by atoms with van der Waals surface area (Å²) in [5.74, 6) is 0.826. The molecule has 0 bridgehead atoms. The first-order valence-electron chi connectivity index (χ1n) is 3.77. The van der Waals surface area contributed by atoms with Crippen molar-refractivity contribution in [3.8, 4) is 0 Å². The SMILES string of the molecule is CC(C)CN1CC1(C)C. The molecule has 54 valence electrons. The van der Waals surface area contributed by atoms with Crippen molar-refractivity contribution < 1.29 is 0 Å². The van der Waals surface area contributed by atoms with E-state index in [0.717, 1.165) is 5.92 Å². The van der Waals surface area contributed by atoms with Gasteiger partial charge in [0.05, 0.1) is 0 Å². The summed E-state index contributed by atoms with van der Waals surface area (Å²) in [4.78, 5) is 2.51. The molecule has 1 heterocycles. The second-order valence-corrected chi connectivity index (χ2v) is 4.09. The Morgan fingerprint density at radius 3 is 2.00 bits per heavy atom. The summed E-state index contributed by atoms with van der Waals surface area (Å²) in [6.07, 6.45) is 0. The Hall–Kier alpha value is -0.0400. The zero-order chi connectivity index (χ0) is 7.07. The zero-order valence-electron chi connectivity index (χ0n) is 6.94. The van der Waals surface area contributed by atoms with Crippen LogP contribution in [-0.4, -0.2) is 23.5 Å². The van der Waals surface area contributed by atoms with Gasteiger partial charge in [-0.3, -0.25) is 4.90 Å². The van der Waals surface area contributed by atoms with Gasteiger partial charge in [-0.1, -0.05) is 13.8 Å². The molecule has 0 aliphatic carbocycles. The van der Waals surface area contributed by atoms with Crippen LogP contribution in [0.2, 0.25) is 0 Å². The van der Waals surface area contributed by atoms with Crippen molar-refractivity contribution >= 4 is 0 Å². The molecule has 1 aliphatic heterocycles. The van der Waals surface area contributed by atoms with Gasteiger partial charge in [0.2, 0.25) is 0 Å². The van der Waals surface area contributed by atoms with Gasteiger partial charge in [0.1, 0.15) is 0 Å². The van der Waals surface area contributed by atoms with E-state index in [1.54, 1.807) is 0 Å². The molecule has 0 amide bonds. The summed E-state index contributed by atoms with van der Waals surface area (Å²) in [5.41, 5.74) is 0.532. The van der Waals surface area contributed by atoms with Gasteiger partial charge in [0.15, 0.2) is 0 Å². The lowest BCUT2D eigenvalue weighted by Crippen LogP contribution is -2.14. The highest BCUT2D eigenvalue weighted by Crippen LogP contribution is 2.31. The van der Waals surface area contributed by atoms with Crippen LogP contribution in [0.15, 0.2) is 0 Å². The maximum Gasteiger partial charge on any atom is 0.0281 e. The first-order valence-corrected chi connectivity index (χ1v) is 3.77. The lowest BCUT2D eigenvalue weighted by Gasteiger charge is -2.08. The van der Waals surface area contributed by atoms with Gasteiger partial charge in [-0.15, -0.1) is 0 Å². The first-order chi connectivity index (χ1) is 4.02. The van der Waals surface area contributed by atoms with Crippen LogP contribution in [0.4, 0.5) is 0 Å². The van der Waals surface area contributed by atoms with E-state index in [0.29, 0.717) is 5.54 Å². The van der Waals surface area contributed by atoms with E-state index in [-0.39, 0.29) is 0 Å². The third-order valence-corrected chi connectivity index (χ3v) is 1.92. The highest BCUT2D eigenvalue weighted by Gasteiger charge is 2.42. The summed E-state index contributed by atoms with van der Waals surface area (Å²) in [6, 6.07) is 0. The van der Waals surface area contributed by atoms with E-state index in [2.05, 4.69) is 32.6 Å². The number of hydrogen-bond donors (Lipinski definition) is 0. The molecule has 0 aromatic carbocycles. The molecule has 0 radical (unpaired) electrons. The average Bonchev–Trinajstić information content (AvgIpc) is 2.10. The minimum absolute atomic E-state index is 0.532. The van der Waals surface area contributed by atoms with E-state index in [1.807, 2.05) is 0 Å². The Kier molecular flexibility index (Phi) is 1.55. The summed E-state index contributed by atoms with van der Waals surface area (Å²) in [7, 11) is 0. The molecule has 1 rings (SSSR count). The molecule has 1 aliphatic rings. The standard InChI is InChI=1S/C8H17N/c1-7(2)5-9-6-8(9,3)4/h7H,5-6H2,1-4H3. The number of nitrogens with zero attached hydrogens (tertiary/aromatic N) is 1. The quantitative estimate of drug-likeness (QED) is 0.511.